The molecular weight excluding hydrogens is 284 g/mol. The molecule has 1 aromatic heterocycles. The van der Waals surface area contributed by atoms with Gasteiger partial charge in [0.25, 0.3) is 0 Å². The predicted molar refractivity (Wildman–Crippen MR) is 95.9 cm³/mol. The fraction of sp³-hybridized carbons (Fsp3) is 0.300. The van der Waals surface area contributed by atoms with Gasteiger partial charge in [-0.2, -0.15) is 0 Å². The highest BCUT2D eigenvalue weighted by Crippen LogP contribution is 2.25. The highest BCUT2D eigenvalue weighted by Gasteiger charge is 2.10. The zero-order valence-electron chi connectivity index (χ0n) is 14.0. The van der Waals surface area contributed by atoms with Gasteiger partial charge in [0.05, 0.1) is 7.11 Å². The van der Waals surface area contributed by atoms with Crippen LogP contribution in [0.25, 0.3) is 10.9 Å². The van der Waals surface area contributed by atoms with E-state index in [9.17, 15) is 0 Å². The first kappa shape index (κ1) is 15.6. The van der Waals surface area contributed by atoms with Gasteiger partial charge in [0, 0.05) is 41.8 Å². The molecule has 0 atom stereocenters. The van der Waals surface area contributed by atoms with Gasteiger partial charge in [0.15, 0.2) is 0 Å². The maximum Gasteiger partial charge on any atom is 0.123 e. The summed E-state index contributed by atoms with van der Waals surface area (Å²) < 4.78 is 7.75. The molecule has 3 aromatic rings. The van der Waals surface area contributed by atoms with Crippen molar-refractivity contribution in [1.82, 2.24) is 9.88 Å². The summed E-state index contributed by atoms with van der Waals surface area (Å²) in [5.74, 6) is 0.935. The first-order chi connectivity index (χ1) is 11.2. The number of rotatable bonds is 6. The van der Waals surface area contributed by atoms with Crippen molar-refractivity contribution < 1.29 is 4.74 Å². The summed E-state index contributed by atoms with van der Waals surface area (Å²) in [5.41, 5.74) is 3.82. The molecule has 0 bridgehead atoms. The van der Waals surface area contributed by atoms with Crippen LogP contribution in [0.5, 0.6) is 5.75 Å². The molecule has 0 aliphatic rings. The molecule has 3 rings (SSSR count). The van der Waals surface area contributed by atoms with Crippen molar-refractivity contribution in [1.29, 1.82) is 0 Å². The summed E-state index contributed by atoms with van der Waals surface area (Å²) in [7, 11) is 1.72. The Morgan fingerprint density at radius 1 is 0.957 bits per heavy atom. The molecule has 0 aliphatic heterocycles. The van der Waals surface area contributed by atoms with E-state index in [4.69, 9.17) is 4.74 Å². The van der Waals surface area contributed by atoms with Crippen molar-refractivity contribution in [3.8, 4) is 5.75 Å². The van der Waals surface area contributed by atoms with Crippen molar-refractivity contribution in [3.05, 3.63) is 65.9 Å². The van der Waals surface area contributed by atoms with E-state index in [0.717, 1.165) is 18.8 Å². The SMILES string of the molecule is COc1ccccc1CNCc1cn(C(C)C)c2ccccc12. The molecule has 0 radical (unpaired) electrons. The Morgan fingerprint density at radius 2 is 1.65 bits per heavy atom. The van der Waals surface area contributed by atoms with E-state index >= 15 is 0 Å². The van der Waals surface area contributed by atoms with Gasteiger partial charge in [-0.15, -0.1) is 0 Å². The van der Waals surface area contributed by atoms with Crippen molar-refractivity contribution in [2.24, 2.45) is 0 Å². The number of nitrogens with zero attached hydrogens (tertiary/aromatic N) is 1. The number of benzene rings is 2. The van der Waals surface area contributed by atoms with Gasteiger partial charge >= 0.3 is 0 Å². The first-order valence-electron chi connectivity index (χ1n) is 8.11. The molecule has 0 fully saturated rings. The Labute approximate surface area is 137 Å². The predicted octanol–water partition coefficient (Wildman–Crippen LogP) is 4.52. The third kappa shape index (κ3) is 3.25. The average molecular weight is 308 g/mol. The maximum atomic E-state index is 5.41. The summed E-state index contributed by atoms with van der Waals surface area (Å²) >= 11 is 0. The zero-order chi connectivity index (χ0) is 16.2. The van der Waals surface area contributed by atoms with Gasteiger partial charge in [-0.25, -0.2) is 0 Å². The van der Waals surface area contributed by atoms with Crippen LogP contribution in [0.2, 0.25) is 0 Å². The Balaban J connectivity index is 1.77. The van der Waals surface area contributed by atoms with Crippen LogP contribution in [0.15, 0.2) is 54.7 Å². The van der Waals surface area contributed by atoms with Crippen molar-refractivity contribution in [2.45, 2.75) is 33.0 Å². The largest absolute Gasteiger partial charge is 0.496 e. The third-order valence-corrected chi connectivity index (χ3v) is 4.20. The molecule has 0 spiro atoms. The molecule has 0 amide bonds. The highest BCUT2D eigenvalue weighted by atomic mass is 16.5. The van der Waals surface area contributed by atoms with Gasteiger partial charge in [-0.3, -0.25) is 0 Å². The highest BCUT2D eigenvalue weighted by molar-refractivity contribution is 5.84. The molecule has 2 aromatic carbocycles. The second kappa shape index (κ2) is 6.88. The molecule has 0 saturated carbocycles. The monoisotopic (exact) mass is 308 g/mol. The summed E-state index contributed by atoms with van der Waals surface area (Å²) in [5, 5.41) is 4.87. The molecule has 23 heavy (non-hydrogen) atoms. The molecule has 0 unspecified atom stereocenters. The van der Waals surface area contributed by atoms with Crippen LogP contribution in [-0.4, -0.2) is 11.7 Å². The molecule has 0 aliphatic carbocycles. The number of ether oxygens (including phenoxy) is 1. The van der Waals surface area contributed by atoms with Crippen molar-refractivity contribution in [2.75, 3.05) is 7.11 Å². The number of nitrogens with one attached hydrogen (secondary N) is 1. The lowest BCUT2D eigenvalue weighted by Gasteiger charge is -2.09. The second-order valence-electron chi connectivity index (χ2n) is 6.09. The molecule has 0 saturated heterocycles. The zero-order valence-corrected chi connectivity index (χ0v) is 14.0. The van der Waals surface area contributed by atoms with Crippen molar-refractivity contribution >= 4 is 10.9 Å². The second-order valence-corrected chi connectivity index (χ2v) is 6.09. The van der Waals surface area contributed by atoms with Crippen LogP contribution in [0.4, 0.5) is 0 Å². The van der Waals surface area contributed by atoms with E-state index in [1.165, 1.54) is 22.0 Å². The first-order valence-corrected chi connectivity index (χ1v) is 8.11. The minimum absolute atomic E-state index is 0.461. The fourth-order valence-electron chi connectivity index (χ4n) is 3.03. The van der Waals surface area contributed by atoms with Gasteiger partial charge in [-0.1, -0.05) is 36.4 Å². The van der Waals surface area contributed by atoms with Gasteiger partial charge in [-0.05, 0) is 31.5 Å². The number of para-hydroxylation sites is 2. The lowest BCUT2D eigenvalue weighted by Crippen LogP contribution is -2.13. The quantitative estimate of drug-likeness (QED) is 0.724. The Morgan fingerprint density at radius 3 is 2.43 bits per heavy atom. The van der Waals surface area contributed by atoms with E-state index in [1.54, 1.807) is 7.11 Å². The standard InChI is InChI=1S/C20H24N2O/c1-15(2)22-14-17(18-9-5-6-10-19(18)22)13-21-12-16-8-4-7-11-20(16)23-3/h4-11,14-15,21H,12-13H2,1-3H3. The Bertz CT molecular complexity index is 789. The van der Waals surface area contributed by atoms with E-state index < -0.39 is 0 Å². The summed E-state index contributed by atoms with van der Waals surface area (Å²) in [6.07, 6.45) is 2.27. The average Bonchev–Trinajstić information content (AvgIpc) is 2.95. The number of fused-ring (bicyclic) bond motifs is 1. The third-order valence-electron chi connectivity index (χ3n) is 4.20. The fourth-order valence-corrected chi connectivity index (χ4v) is 3.03. The minimum atomic E-state index is 0.461. The van der Waals surface area contributed by atoms with E-state index in [2.05, 4.69) is 60.3 Å². The number of hydrogen-bond donors (Lipinski definition) is 1. The lowest BCUT2D eigenvalue weighted by molar-refractivity contribution is 0.407. The number of methoxy groups -OCH3 is 1. The summed E-state index contributed by atoms with van der Waals surface area (Å²) in [6.45, 7) is 6.08. The molecule has 3 nitrogen and oxygen atoms in total. The Kier molecular flexibility index (Phi) is 4.68. The lowest BCUT2D eigenvalue weighted by atomic mass is 10.1. The van der Waals surface area contributed by atoms with Crippen LogP contribution >= 0.6 is 0 Å². The number of aromatic nitrogens is 1. The summed E-state index contributed by atoms with van der Waals surface area (Å²) in [4.78, 5) is 0. The number of hydrogen-bond acceptors (Lipinski definition) is 2. The van der Waals surface area contributed by atoms with Crippen LogP contribution in [0.3, 0.4) is 0 Å². The van der Waals surface area contributed by atoms with E-state index in [-0.39, 0.29) is 0 Å². The molecule has 3 heteroatoms. The van der Waals surface area contributed by atoms with E-state index in [0.29, 0.717) is 6.04 Å². The van der Waals surface area contributed by atoms with Gasteiger partial charge in [0.2, 0.25) is 0 Å². The van der Waals surface area contributed by atoms with Crippen LogP contribution in [0, 0.1) is 0 Å². The normalized spacial score (nSPS) is 11.3. The topological polar surface area (TPSA) is 26.2 Å². The molecule has 1 N–H and O–H groups in total. The maximum absolute atomic E-state index is 5.41. The van der Waals surface area contributed by atoms with Crippen molar-refractivity contribution in [3.63, 3.8) is 0 Å². The van der Waals surface area contributed by atoms with Crippen LogP contribution < -0.4 is 10.1 Å². The van der Waals surface area contributed by atoms with Gasteiger partial charge < -0.3 is 14.6 Å². The van der Waals surface area contributed by atoms with Crippen LogP contribution in [0.1, 0.15) is 31.0 Å². The molecular formula is C20H24N2O. The minimum Gasteiger partial charge on any atom is -0.496 e. The van der Waals surface area contributed by atoms with Gasteiger partial charge in [0.1, 0.15) is 5.75 Å². The molecule has 120 valence electrons. The molecule has 1 heterocycles. The smallest absolute Gasteiger partial charge is 0.123 e. The Hall–Kier alpha value is -2.26. The summed E-state index contributed by atoms with van der Waals surface area (Å²) in [6, 6.07) is 17.2. The van der Waals surface area contributed by atoms with E-state index in [1.807, 2.05) is 18.2 Å². The van der Waals surface area contributed by atoms with Crippen LogP contribution in [-0.2, 0) is 13.1 Å².